The van der Waals surface area contributed by atoms with E-state index in [0.29, 0.717) is 51.3 Å². The van der Waals surface area contributed by atoms with E-state index in [4.69, 9.17) is 4.74 Å². The van der Waals surface area contributed by atoms with E-state index >= 15 is 0 Å². The zero-order valence-electron chi connectivity index (χ0n) is 19.0. The second kappa shape index (κ2) is 9.69. The number of anilines is 1. The van der Waals surface area contributed by atoms with E-state index in [0.717, 1.165) is 11.3 Å². The number of rotatable bonds is 5. The third kappa shape index (κ3) is 4.99. The van der Waals surface area contributed by atoms with Crippen LogP contribution in [0.1, 0.15) is 18.4 Å². The first-order chi connectivity index (χ1) is 15.8. The molecule has 0 N–H and O–H groups in total. The van der Waals surface area contributed by atoms with Crippen LogP contribution in [0.3, 0.4) is 0 Å². The predicted molar refractivity (Wildman–Crippen MR) is 124 cm³/mol. The summed E-state index contributed by atoms with van der Waals surface area (Å²) in [6, 6.07) is 11.2. The fraction of sp³-hybridized carbons (Fsp3) is 0.458. The van der Waals surface area contributed by atoms with Crippen LogP contribution in [0, 0.1) is 18.7 Å². The molecule has 9 heteroatoms. The van der Waals surface area contributed by atoms with Crippen molar-refractivity contribution < 1.29 is 22.3 Å². The number of nitrogens with zero attached hydrogens (tertiary/aromatic N) is 3. The Labute approximate surface area is 194 Å². The molecule has 2 aromatic carbocycles. The van der Waals surface area contributed by atoms with Gasteiger partial charge in [0.15, 0.2) is 0 Å². The molecule has 1 atom stereocenters. The first kappa shape index (κ1) is 23.5. The summed E-state index contributed by atoms with van der Waals surface area (Å²) in [7, 11) is -2.13. The van der Waals surface area contributed by atoms with Crippen LogP contribution in [-0.4, -0.2) is 69.9 Å². The maximum Gasteiger partial charge on any atom is 0.243 e. The number of carbonyl (C=O) groups excluding carboxylic acids is 1. The number of halogens is 1. The van der Waals surface area contributed by atoms with E-state index in [2.05, 4.69) is 4.90 Å². The lowest BCUT2D eigenvalue weighted by Crippen LogP contribution is -2.53. The topological polar surface area (TPSA) is 70.2 Å². The van der Waals surface area contributed by atoms with Crippen LogP contribution >= 0.6 is 0 Å². The maximum atomic E-state index is 13.2. The number of methoxy groups -OCH3 is 1. The molecule has 0 aliphatic carbocycles. The minimum Gasteiger partial charge on any atom is -0.496 e. The monoisotopic (exact) mass is 475 g/mol. The van der Waals surface area contributed by atoms with E-state index in [9.17, 15) is 17.6 Å². The van der Waals surface area contributed by atoms with Crippen LogP contribution in [0.25, 0.3) is 0 Å². The molecule has 7 nitrogen and oxygen atoms in total. The Morgan fingerprint density at radius 2 is 1.73 bits per heavy atom. The molecule has 0 spiro atoms. The number of piperidine rings is 1. The molecule has 1 amide bonds. The Hall–Kier alpha value is -2.65. The molecule has 4 rings (SSSR count). The summed E-state index contributed by atoms with van der Waals surface area (Å²) in [5, 5.41) is 0. The molecule has 0 aromatic heterocycles. The molecule has 2 aliphatic rings. The number of hydrogen-bond acceptors (Lipinski definition) is 5. The van der Waals surface area contributed by atoms with Crippen molar-refractivity contribution in [2.24, 2.45) is 5.92 Å². The zero-order valence-corrected chi connectivity index (χ0v) is 19.9. The summed E-state index contributed by atoms with van der Waals surface area (Å²) >= 11 is 0. The molecule has 0 radical (unpaired) electrons. The van der Waals surface area contributed by atoms with E-state index in [1.54, 1.807) is 37.4 Å². The summed E-state index contributed by atoms with van der Waals surface area (Å²) in [5.41, 5.74) is 1.69. The number of carbonyl (C=O) groups is 1. The Morgan fingerprint density at radius 1 is 1.03 bits per heavy atom. The van der Waals surface area contributed by atoms with Gasteiger partial charge in [-0.2, -0.15) is 4.31 Å². The lowest BCUT2D eigenvalue weighted by molar-refractivity contribution is -0.137. The highest BCUT2D eigenvalue weighted by Gasteiger charge is 2.36. The van der Waals surface area contributed by atoms with Gasteiger partial charge in [0.1, 0.15) is 11.6 Å². The van der Waals surface area contributed by atoms with E-state index < -0.39 is 10.0 Å². The number of benzene rings is 2. The molecule has 2 fully saturated rings. The van der Waals surface area contributed by atoms with Gasteiger partial charge in [-0.1, -0.05) is 0 Å². The van der Waals surface area contributed by atoms with E-state index in [-0.39, 0.29) is 29.1 Å². The van der Waals surface area contributed by atoms with Gasteiger partial charge >= 0.3 is 0 Å². The summed E-state index contributed by atoms with van der Waals surface area (Å²) in [6.45, 7) is 4.88. The van der Waals surface area contributed by atoms with Gasteiger partial charge in [0.05, 0.1) is 17.9 Å². The van der Waals surface area contributed by atoms with Crippen LogP contribution in [0.4, 0.5) is 10.1 Å². The summed E-state index contributed by atoms with van der Waals surface area (Å²) in [5.74, 6) is 0.0411. The minimum atomic E-state index is -3.69. The first-order valence-electron chi connectivity index (χ1n) is 11.2. The molecule has 2 aromatic rings. The maximum absolute atomic E-state index is 13.2. The van der Waals surface area contributed by atoms with Crippen LogP contribution in [0.5, 0.6) is 5.75 Å². The second-order valence-electron chi connectivity index (χ2n) is 8.62. The van der Waals surface area contributed by atoms with Gasteiger partial charge in [-0.25, -0.2) is 12.8 Å². The Kier molecular flexibility index (Phi) is 6.90. The van der Waals surface area contributed by atoms with Crippen LogP contribution in [0.15, 0.2) is 47.4 Å². The molecule has 1 unspecified atom stereocenters. The number of amides is 1. The average Bonchev–Trinajstić information content (AvgIpc) is 2.84. The molecule has 2 heterocycles. The van der Waals surface area contributed by atoms with Crippen molar-refractivity contribution in [3.8, 4) is 5.75 Å². The van der Waals surface area contributed by atoms with E-state index in [1.165, 1.54) is 16.4 Å². The van der Waals surface area contributed by atoms with Crippen LogP contribution in [-0.2, 0) is 14.8 Å². The van der Waals surface area contributed by atoms with Crippen molar-refractivity contribution in [3.63, 3.8) is 0 Å². The van der Waals surface area contributed by atoms with Crippen molar-refractivity contribution in [2.45, 2.75) is 24.7 Å². The number of sulfonamides is 1. The highest BCUT2D eigenvalue weighted by molar-refractivity contribution is 7.89. The lowest BCUT2D eigenvalue weighted by Gasteiger charge is -2.39. The van der Waals surface area contributed by atoms with Crippen molar-refractivity contribution >= 4 is 21.6 Å². The molecular formula is C24H30FN3O4S. The molecule has 33 heavy (non-hydrogen) atoms. The van der Waals surface area contributed by atoms with Gasteiger partial charge in [-0.3, -0.25) is 4.79 Å². The third-order valence-electron chi connectivity index (χ3n) is 6.52. The fourth-order valence-corrected chi connectivity index (χ4v) is 6.23. The number of piperazine rings is 1. The summed E-state index contributed by atoms with van der Waals surface area (Å²) in [6.07, 6.45) is 1.34. The van der Waals surface area contributed by atoms with Crippen LogP contribution in [0.2, 0.25) is 0 Å². The SMILES string of the molecule is COc1ccc(S(=O)(=O)N2CCCC(C(=O)N3CCN(c4ccc(F)cc4)CC3)C2)cc1C. The normalized spacial score (nSPS) is 20.0. The van der Waals surface area contributed by atoms with Crippen molar-refractivity contribution in [1.82, 2.24) is 9.21 Å². The molecule has 178 valence electrons. The second-order valence-corrected chi connectivity index (χ2v) is 10.6. The van der Waals surface area contributed by atoms with Gasteiger partial charge in [0.2, 0.25) is 15.9 Å². The minimum absolute atomic E-state index is 0.0135. The average molecular weight is 476 g/mol. The molecular weight excluding hydrogens is 445 g/mol. The first-order valence-corrected chi connectivity index (χ1v) is 12.7. The Bertz CT molecular complexity index is 1100. The Morgan fingerprint density at radius 3 is 2.36 bits per heavy atom. The molecule has 0 bridgehead atoms. The van der Waals surface area contributed by atoms with Gasteiger partial charge in [-0.15, -0.1) is 0 Å². The van der Waals surface area contributed by atoms with Gasteiger partial charge < -0.3 is 14.5 Å². The Balaban J connectivity index is 1.39. The van der Waals surface area contributed by atoms with Gasteiger partial charge in [-0.05, 0) is 67.8 Å². The quantitative estimate of drug-likeness (QED) is 0.665. The molecule has 2 saturated heterocycles. The summed E-state index contributed by atoms with van der Waals surface area (Å²) in [4.78, 5) is 17.4. The standard InChI is InChI=1S/C24H30FN3O4S/c1-18-16-22(9-10-23(18)32-2)33(30,31)28-11-3-4-19(17-28)24(29)27-14-12-26(13-15-27)21-7-5-20(25)6-8-21/h5-10,16,19H,3-4,11-15,17H2,1-2H3. The summed E-state index contributed by atoms with van der Waals surface area (Å²) < 4.78 is 46.3. The van der Waals surface area contributed by atoms with Crippen molar-refractivity contribution in [2.75, 3.05) is 51.3 Å². The fourth-order valence-electron chi connectivity index (χ4n) is 4.62. The largest absolute Gasteiger partial charge is 0.496 e. The lowest BCUT2D eigenvalue weighted by atomic mass is 9.97. The number of aryl methyl sites for hydroxylation is 1. The number of ether oxygens (including phenoxy) is 1. The highest BCUT2D eigenvalue weighted by Crippen LogP contribution is 2.28. The van der Waals surface area contributed by atoms with Crippen molar-refractivity contribution in [1.29, 1.82) is 0 Å². The molecule has 0 saturated carbocycles. The smallest absolute Gasteiger partial charge is 0.243 e. The van der Waals surface area contributed by atoms with Crippen molar-refractivity contribution in [3.05, 3.63) is 53.8 Å². The van der Waals surface area contributed by atoms with Crippen LogP contribution < -0.4 is 9.64 Å². The number of hydrogen-bond donors (Lipinski definition) is 0. The zero-order chi connectivity index (χ0) is 23.6. The highest BCUT2D eigenvalue weighted by atomic mass is 32.2. The van der Waals surface area contributed by atoms with Gasteiger partial charge in [0.25, 0.3) is 0 Å². The van der Waals surface area contributed by atoms with E-state index in [1.807, 2.05) is 11.8 Å². The predicted octanol–water partition coefficient (Wildman–Crippen LogP) is 2.89. The third-order valence-corrected chi connectivity index (χ3v) is 8.38. The van der Waals surface area contributed by atoms with Gasteiger partial charge in [0, 0.05) is 45.0 Å². The molecule has 2 aliphatic heterocycles.